The minimum Gasteiger partial charge on any atom is -0.239 e. The Morgan fingerprint density at radius 2 is 1.69 bits per heavy atom. The van der Waals surface area contributed by atoms with Crippen LogP contribution in [0.4, 0.5) is 0 Å². The minimum absolute atomic E-state index is 0.950. The first-order valence-corrected chi connectivity index (χ1v) is 4.39. The van der Waals surface area contributed by atoms with Gasteiger partial charge in [0.05, 0.1) is 0 Å². The first-order valence-electron chi connectivity index (χ1n) is 3.26. The molecular weight excluding hydrogens is 236 g/mol. The summed E-state index contributed by atoms with van der Waals surface area (Å²) >= 11 is 15.8. The van der Waals surface area contributed by atoms with E-state index in [-0.39, 0.29) is 0 Å². The van der Waals surface area contributed by atoms with Gasteiger partial charge in [0, 0.05) is 16.9 Å². The Hall–Kier alpha value is -0.510. The summed E-state index contributed by atoms with van der Waals surface area (Å²) in [7, 11) is 0. The highest BCUT2D eigenvalue weighted by molar-refractivity contribution is 6.75. The van der Waals surface area contributed by atoms with Crippen molar-refractivity contribution in [3.05, 3.63) is 30.6 Å². The van der Waals surface area contributed by atoms with Crippen LogP contribution < -0.4 is 9.57 Å². The minimum atomic E-state index is -2.05. The van der Waals surface area contributed by atoms with E-state index in [1.54, 1.807) is 18.2 Å². The van der Waals surface area contributed by atoms with Crippen molar-refractivity contribution in [2.75, 3.05) is 0 Å². The summed E-state index contributed by atoms with van der Waals surface area (Å²) in [5, 5.41) is 0. The smallest absolute Gasteiger partial charge is 0.239 e. The van der Waals surface area contributed by atoms with Gasteiger partial charge in [-0.3, -0.25) is 0 Å². The molecule has 0 aliphatic heterocycles. The third-order valence-electron chi connectivity index (χ3n) is 1.11. The van der Waals surface area contributed by atoms with Crippen molar-refractivity contribution in [1.29, 1.82) is 0 Å². The molecule has 1 aromatic rings. The van der Waals surface area contributed by atoms with Gasteiger partial charge in [0.2, 0.25) is 12.4 Å². The van der Waals surface area contributed by atoms with Crippen LogP contribution in [0, 0.1) is 0 Å². The van der Waals surface area contributed by atoms with Gasteiger partial charge in [-0.2, -0.15) is 4.84 Å². The summed E-state index contributed by atoms with van der Waals surface area (Å²) in [4.78, 5) is 15.7. The summed E-state index contributed by atoms with van der Waals surface area (Å²) in [6, 6.07) is 5.11. The lowest BCUT2D eigenvalue weighted by Crippen LogP contribution is -2.48. The predicted octanol–water partition coefficient (Wildman–Crippen LogP) is 1.30. The quantitative estimate of drug-likeness (QED) is 0.548. The van der Waals surface area contributed by atoms with Gasteiger partial charge < -0.3 is 0 Å². The molecule has 0 fully saturated rings. The molecule has 3 nitrogen and oxygen atoms in total. The van der Waals surface area contributed by atoms with E-state index in [0.29, 0.717) is 0 Å². The second kappa shape index (κ2) is 4.13. The maximum atomic E-state index is 11.0. The molecule has 13 heavy (non-hydrogen) atoms. The molecule has 0 saturated heterocycles. The van der Waals surface area contributed by atoms with E-state index >= 15 is 0 Å². The molecule has 0 bridgehead atoms. The Labute approximate surface area is 89.7 Å². The number of halogens is 3. The Morgan fingerprint density at radius 1 is 1.15 bits per heavy atom. The van der Waals surface area contributed by atoms with E-state index in [2.05, 4.69) is 4.84 Å². The standard InChI is InChI=1S/C7H5Cl3NO2/c8-7(9,10)6(12)13-11-4-2-1-3-5-11/h1-5H/q+1. The zero-order valence-corrected chi connectivity index (χ0v) is 8.55. The highest BCUT2D eigenvalue weighted by Gasteiger charge is 2.36. The number of hydrogen-bond acceptors (Lipinski definition) is 2. The molecule has 1 heterocycles. The van der Waals surface area contributed by atoms with Crippen LogP contribution in [0.5, 0.6) is 0 Å². The highest BCUT2D eigenvalue weighted by atomic mass is 35.6. The maximum Gasteiger partial charge on any atom is 0.431 e. The van der Waals surface area contributed by atoms with Crippen molar-refractivity contribution in [1.82, 2.24) is 0 Å². The first kappa shape index (κ1) is 10.6. The van der Waals surface area contributed by atoms with Crippen molar-refractivity contribution < 1.29 is 14.4 Å². The number of pyridine rings is 1. The molecule has 1 rings (SSSR count). The monoisotopic (exact) mass is 240 g/mol. The topological polar surface area (TPSA) is 30.2 Å². The Bertz CT molecular complexity index is 296. The number of alkyl halides is 3. The van der Waals surface area contributed by atoms with Crippen LogP contribution in [0.15, 0.2) is 30.6 Å². The molecule has 0 aromatic carbocycles. The van der Waals surface area contributed by atoms with Gasteiger partial charge in [-0.15, -0.1) is 0 Å². The van der Waals surface area contributed by atoms with Crippen molar-refractivity contribution in [3.63, 3.8) is 0 Å². The van der Waals surface area contributed by atoms with E-state index in [1.165, 1.54) is 12.4 Å². The summed E-state index contributed by atoms with van der Waals surface area (Å²) in [6.45, 7) is 0. The fourth-order valence-corrected chi connectivity index (χ4v) is 0.695. The van der Waals surface area contributed by atoms with Crippen LogP contribution in [-0.2, 0) is 4.79 Å². The van der Waals surface area contributed by atoms with E-state index in [1.807, 2.05) is 0 Å². The van der Waals surface area contributed by atoms with E-state index in [4.69, 9.17) is 34.8 Å². The maximum absolute atomic E-state index is 11.0. The number of aromatic nitrogens is 1. The molecule has 0 saturated carbocycles. The molecule has 70 valence electrons. The number of nitrogens with zero attached hydrogens (tertiary/aromatic N) is 1. The van der Waals surface area contributed by atoms with E-state index in [9.17, 15) is 4.79 Å². The molecule has 0 unspecified atom stereocenters. The fraction of sp³-hybridized carbons (Fsp3) is 0.143. The molecule has 6 heteroatoms. The highest BCUT2D eigenvalue weighted by Crippen LogP contribution is 2.25. The zero-order chi connectivity index (χ0) is 9.90. The summed E-state index contributed by atoms with van der Waals surface area (Å²) < 4.78 is -0.910. The molecule has 0 N–H and O–H groups in total. The van der Waals surface area contributed by atoms with Gasteiger partial charge in [-0.25, -0.2) is 4.79 Å². The molecule has 0 aliphatic carbocycles. The number of carbonyl (C=O) groups excluding carboxylic acids is 1. The van der Waals surface area contributed by atoms with Crippen LogP contribution in [0.3, 0.4) is 0 Å². The SMILES string of the molecule is O=C(O[n+]1ccccc1)C(Cl)(Cl)Cl. The summed E-state index contributed by atoms with van der Waals surface area (Å²) in [5.41, 5.74) is 0. The zero-order valence-electron chi connectivity index (χ0n) is 6.28. The van der Waals surface area contributed by atoms with Crippen LogP contribution in [0.25, 0.3) is 0 Å². The largest absolute Gasteiger partial charge is 0.431 e. The van der Waals surface area contributed by atoms with Crippen molar-refractivity contribution in [2.24, 2.45) is 0 Å². The summed E-state index contributed by atoms with van der Waals surface area (Å²) in [6.07, 6.45) is 3.02. The number of hydrogen-bond donors (Lipinski definition) is 0. The number of rotatable bonds is 1. The number of carbonyl (C=O) groups is 1. The second-order valence-electron chi connectivity index (χ2n) is 2.11. The van der Waals surface area contributed by atoms with Crippen LogP contribution in [0.1, 0.15) is 0 Å². The fourth-order valence-electron chi connectivity index (χ4n) is 0.591. The second-order valence-corrected chi connectivity index (χ2v) is 4.39. The van der Waals surface area contributed by atoms with Gasteiger partial charge in [0.15, 0.2) is 0 Å². The Balaban J connectivity index is 2.66. The predicted molar refractivity (Wildman–Crippen MR) is 48.5 cm³/mol. The van der Waals surface area contributed by atoms with Gasteiger partial charge in [-0.05, 0) is 0 Å². The average Bonchev–Trinajstić information content (AvgIpc) is 2.04. The lowest BCUT2D eigenvalue weighted by molar-refractivity contribution is -0.869. The molecule has 1 aromatic heterocycles. The molecule has 0 spiro atoms. The van der Waals surface area contributed by atoms with E-state index < -0.39 is 9.76 Å². The van der Waals surface area contributed by atoms with Gasteiger partial charge >= 0.3 is 5.97 Å². The molecular formula is C7H5Cl3NO2+. The molecule has 0 radical (unpaired) electrons. The van der Waals surface area contributed by atoms with Crippen LogP contribution >= 0.6 is 34.8 Å². The average molecular weight is 241 g/mol. The molecule has 0 atom stereocenters. The third kappa shape index (κ3) is 3.38. The first-order chi connectivity index (χ1) is 6.00. The van der Waals surface area contributed by atoms with Crippen molar-refractivity contribution >= 4 is 40.8 Å². The summed E-state index contributed by atoms with van der Waals surface area (Å²) in [5.74, 6) is -0.950. The molecule has 0 amide bonds. The lowest BCUT2D eigenvalue weighted by atomic mass is 10.5. The third-order valence-corrected chi connectivity index (χ3v) is 1.57. The van der Waals surface area contributed by atoms with Crippen molar-refractivity contribution in [3.8, 4) is 0 Å². The van der Waals surface area contributed by atoms with E-state index in [0.717, 1.165) is 4.73 Å². The lowest BCUT2D eigenvalue weighted by Gasteiger charge is -2.03. The van der Waals surface area contributed by atoms with Crippen LogP contribution in [0.2, 0.25) is 0 Å². The Morgan fingerprint density at radius 3 is 2.15 bits per heavy atom. The van der Waals surface area contributed by atoms with Crippen molar-refractivity contribution in [2.45, 2.75) is 3.79 Å². The van der Waals surface area contributed by atoms with Gasteiger partial charge in [0.1, 0.15) is 0 Å². The van der Waals surface area contributed by atoms with Gasteiger partial charge in [0.25, 0.3) is 3.79 Å². The molecule has 0 aliphatic rings. The normalized spacial score (nSPS) is 11.0. The van der Waals surface area contributed by atoms with Gasteiger partial charge in [-0.1, -0.05) is 40.9 Å². The Kier molecular flexibility index (Phi) is 3.36. The van der Waals surface area contributed by atoms with Crippen LogP contribution in [-0.4, -0.2) is 9.76 Å².